The van der Waals surface area contributed by atoms with Gasteiger partial charge in [0.15, 0.2) is 23.3 Å². The minimum atomic E-state index is -2.29. The van der Waals surface area contributed by atoms with Crippen molar-refractivity contribution in [3.05, 3.63) is 53.1 Å². The predicted octanol–water partition coefficient (Wildman–Crippen LogP) is 3.85. The predicted molar refractivity (Wildman–Crippen MR) is 60.3 cm³/mol. The quantitative estimate of drug-likeness (QED) is 0.382. The fourth-order valence-corrected chi connectivity index (χ4v) is 1.48. The first-order valence-corrected chi connectivity index (χ1v) is 5.16. The summed E-state index contributed by atoms with van der Waals surface area (Å²) in [7, 11) is 0. The summed E-state index contributed by atoms with van der Waals surface area (Å²) < 4.78 is 78.9. The summed E-state index contributed by atoms with van der Waals surface area (Å²) in [6, 6.07) is 3.02. The first-order chi connectivity index (χ1) is 9.32. The molecule has 2 aromatic carbocycles. The molecule has 0 unspecified atom stereocenters. The van der Waals surface area contributed by atoms with E-state index in [0.717, 1.165) is 12.1 Å². The maximum atomic E-state index is 13.4. The highest BCUT2D eigenvalue weighted by Crippen LogP contribution is 2.30. The SMILES string of the molecule is Nc1ccc(Nc2c(F)c(F)c(F)c(F)c2F)c(F)c1. The lowest BCUT2D eigenvalue weighted by Gasteiger charge is -2.11. The first kappa shape index (κ1) is 14.0. The Labute approximate surface area is 108 Å². The van der Waals surface area contributed by atoms with E-state index < -0.39 is 46.3 Å². The summed E-state index contributed by atoms with van der Waals surface area (Å²) in [5.41, 5.74) is 3.47. The van der Waals surface area contributed by atoms with Crippen molar-refractivity contribution in [3.8, 4) is 0 Å². The highest BCUT2D eigenvalue weighted by atomic mass is 19.2. The molecule has 2 nitrogen and oxygen atoms in total. The molecule has 0 fully saturated rings. The lowest BCUT2D eigenvalue weighted by atomic mass is 10.2. The molecule has 106 valence electrons. The Balaban J connectivity index is 2.54. The molecule has 0 aromatic heterocycles. The summed E-state index contributed by atoms with van der Waals surface area (Å²) >= 11 is 0. The van der Waals surface area contributed by atoms with Crippen LogP contribution in [0.3, 0.4) is 0 Å². The summed E-state index contributed by atoms with van der Waals surface area (Å²) in [5, 5.41) is 1.82. The van der Waals surface area contributed by atoms with Gasteiger partial charge in [-0.25, -0.2) is 26.3 Å². The van der Waals surface area contributed by atoms with E-state index in [0.29, 0.717) is 0 Å². The third-order valence-electron chi connectivity index (χ3n) is 2.46. The molecule has 0 amide bonds. The van der Waals surface area contributed by atoms with Crippen LogP contribution in [0.4, 0.5) is 43.4 Å². The summed E-state index contributed by atoms with van der Waals surface area (Å²) in [5.74, 6) is -11.7. The van der Waals surface area contributed by atoms with Crippen molar-refractivity contribution in [1.82, 2.24) is 0 Å². The molecule has 0 bridgehead atoms. The van der Waals surface area contributed by atoms with Gasteiger partial charge in [-0.3, -0.25) is 0 Å². The first-order valence-electron chi connectivity index (χ1n) is 5.16. The van der Waals surface area contributed by atoms with Gasteiger partial charge in [-0.2, -0.15) is 0 Å². The third kappa shape index (κ3) is 2.24. The van der Waals surface area contributed by atoms with Gasteiger partial charge in [0.1, 0.15) is 11.5 Å². The van der Waals surface area contributed by atoms with Gasteiger partial charge in [-0.05, 0) is 18.2 Å². The number of hydrogen-bond acceptors (Lipinski definition) is 2. The minimum Gasteiger partial charge on any atom is -0.399 e. The molecular weight excluding hydrogens is 286 g/mol. The largest absolute Gasteiger partial charge is 0.399 e. The molecule has 0 aliphatic rings. The number of benzene rings is 2. The van der Waals surface area contributed by atoms with E-state index in [2.05, 4.69) is 0 Å². The zero-order valence-corrected chi connectivity index (χ0v) is 9.58. The van der Waals surface area contributed by atoms with Crippen molar-refractivity contribution in [2.24, 2.45) is 0 Å². The number of nitrogens with two attached hydrogens (primary N) is 1. The van der Waals surface area contributed by atoms with E-state index in [1.54, 1.807) is 0 Å². The van der Waals surface area contributed by atoms with E-state index in [4.69, 9.17) is 5.73 Å². The van der Waals surface area contributed by atoms with E-state index in [1.165, 1.54) is 6.07 Å². The number of nitrogen functional groups attached to an aromatic ring is 1. The zero-order valence-electron chi connectivity index (χ0n) is 9.58. The summed E-state index contributed by atoms with van der Waals surface area (Å²) in [6.07, 6.45) is 0. The second kappa shape index (κ2) is 4.95. The van der Waals surface area contributed by atoms with Crippen molar-refractivity contribution in [1.29, 1.82) is 0 Å². The lowest BCUT2D eigenvalue weighted by Crippen LogP contribution is -2.07. The molecule has 0 saturated carbocycles. The molecule has 0 heterocycles. The second-order valence-electron chi connectivity index (χ2n) is 3.81. The fraction of sp³-hybridized carbons (Fsp3) is 0. The Morgan fingerprint density at radius 1 is 0.750 bits per heavy atom. The lowest BCUT2D eigenvalue weighted by molar-refractivity contribution is 0.382. The highest BCUT2D eigenvalue weighted by molar-refractivity contribution is 5.63. The second-order valence-corrected chi connectivity index (χ2v) is 3.81. The van der Waals surface area contributed by atoms with Gasteiger partial charge in [-0.1, -0.05) is 0 Å². The Hall–Kier alpha value is -2.38. The summed E-state index contributed by atoms with van der Waals surface area (Å²) in [6.45, 7) is 0. The zero-order chi connectivity index (χ0) is 15.0. The third-order valence-corrected chi connectivity index (χ3v) is 2.46. The van der Waals surface area contributed by atoms with E-state index in [1.807, 2.05) is 5.32 Å². The van der Waals surface area contributed by atoms with Crippen LogP contribution in [0.5, 0.6) is 0 Å². The average molecular weight is 292 g/mol. The van der Waals surface area contributed by atoms with Crippen LogP contribution in [0.15, 0.2) is 18.2 Å². The van der Waals surface area contributed by atoms with Crippen LogP contribution >= 0.6 is 0 Å². The molecule has 0 radical (unpaired) electrons. The van der Waals surface area contributed by atoms with Crippen molar-refractivity contribution in [2.45, 2.75) is 0 Å². The standard InChI is InChI=1S/C12H6F6N2/c13-5-3-4(19)1-2-6(5)20-12-10(17)8(15)7(14)9(16)11(12)18/h1-3,20H,19H2. The molecule has 3 N–H and O–H groups in total. The molecular formula is C12H6F6N2. The molecule has 0 atom stereocenters. The maximum absolute atomic E-state index is 13.4. The van der Waals surface area contributed by atoms with Crippen LogP contribution in [0.2, 0.25) is 0 Å². The van der Waals surface area contributed by atoms with Crippen LogP contribution in [0.25, 0.3) is 0 Å². The Morgan fingerprint density at radius 2 is 1.25 bits per heavy atom. The van der Waals surface area contributed by atoms with Gasteiger partial charge in [0.2, 0.25) is 5.82 Å². The molecule has 0 saturated heterocycles. The molecule has 2 aromatic rings. The fourth-order valence-electron chi connectivity index (χ4n) is 1.48. The van der Waals surface area contributed by atoms with Gasteiger partial charge < -0.3 is 11.1 Å². The van der Waals surface area contributed by atoms with Gasteiger partial charge in [0, 0.05) is 5.69 Å². The van der Waals surface area contributed by atoms with Gasteiger partial charge in [-0.15, -0.1) is 0 Å². The van der Waals surface area contributed by atoms with E-state index in [-0.39, 0.29) is 5.69 Å². The summed E-state index contributed by atoms with van der Waals surface area (Å²) in [4.78, 5) is 0. The minimum absolute atomic E-state index is 0.0328. The number of nitrogens with one attached hydrogen (secondary N) is 1. The average Bonchev–Trinajstić information content (AvgIpc) is 2.41. The number of rotatable bonds is 2. The van der Waals surface area contributed by atoms with Gasteiger partial charge in [0.05, 0.1) is 5.69 Å². The Morgan fingerprint density at radius 3 is 1.75 bits per heavy atom. The van der Waals surface area contributed by atoms with Crippen molar-refractivity contribution < 1.29 is 26.3 Å². The number of halogens is 6. The topological polar surface area (TPSA) is 38.0 Å². The van der Waals surface area contributed by atoms with Crippen LogP contribution in [-0.2, 0) is 0 Å². The van der Waals surface area contributed by atoms with Crippen LogP contribution in [0.1, 0.15) is 0 Å². The Kier molecular flexibility index (Phi) is 3.47. The molecule has 20 heavy (non-hydrogen) atoms. The van der Waals surface area contributed by atoms with Crippen molar-refractivity contribution in [3.63, 3.8) is 0 Å². The normalized spacial score (nSPS) is 10.7. The van der Waals surface area contributed by atoms with Gasteiger partial charge >= 0.3 is 0 Å². The molecule has 0 aliphatic carbocycles. The molecule has 0 aliphatic heterocycles. The molecule has 8 heteroatoms. The van der Waals surface area contributed by atoms with Crippen molar-refractivity contribution in [2.75, 3.05) is 11.1 Å². The molecule has 2 rings (SSSR count). The van der Waals surface area contributed by atoms with Crippen molar-refractivity contribution >= 4 is 17.1 Å². The maximum Gasteiger partial charge on any atom is 0.200 e. The van der Waals surface area contributed by atoms with Crippen LogP contribution in [-0.4, -0.2) is 0 Å². The Bertz CT molecular complexity index is 657. The van der Waals surface area contributed by atoms with Crippen LogP contribution < -0.4 is 11.1 Å². The number of anilines is 3. The smallest absolute Gasteiger partial charge is 0.200 e. The van der Waals surface area contributed by atoms with E-state index >= 15 is 0 Å². The molecule has 0 spiro atoms. The van der Waals surface area contributed by atoms with E-state index in [9.17, 15) is 26.3 Å². The highest BCUT2D eigenvalue weighted by Gasteiger charge is 2.26. The monoisotopic (exact) mass is 292 g/mol. The van der Waals surface area contributed by atoms with Crippen LogP contribution in [0, 0.1) is 34.9 Å². The van der Waals surface area contributed by atoms with Gasteiger partial charge in [0.25, 0.3) is 0 Å². The number of hydrogen-bond donors (Lipinski definition) is 2.